The second-order valence-electron chi connectivity index (χ2n) is 9.24. The van der Waals surface area contributed by atoms with Crippen LogP contribution in [0.15, 0.2) is 48.8 Å². The summed E-state index contributed by atoms with van der Waals surface area (Å²) in [5.74, 6) is 0.331. The van der Waals surface area contributed by atoms with Gasteiger partial charge < -0.3 is 15.1 Å². The van der Waals surface area contributed by atoms with Crippen LogP contribution in [0.1, 0.15) is 56.2 Å². The van der Waals surface area contributed by atoms with Crippen molar-refractivity contribution >= 4 is 23.4 Å². The van der Waals surface area contributed by atoms with Crippen molar-refractivity contribution in [2.45, 2.75) is 51.6 Å². The molecule has 176 valence electrons. The molecular weight excluding hydrogens is 436 g/mol. The largest absolute Gasteiger partial charge is 0.349 e. The second-order valence-corrected chi connectivity index (χ2v) is 9.65. The maximum absolute atomic E-state index is 13.3. The van der Waals surface area contributed by atoms with Crippen molar-refractivity contribution < 1.29 is 9.59 Å². The van der Waals surface area contributed by atoms with Gasteiger partial charge in [-0.2, -0.15) is 0 Å². The van der Waals surface area contributed by atoms with E-state index in [0.717, 1.165) is 63.0 Å². The highest BCUT2D eigenvalue weighted by atomic mass is 35.5. The molecule has 2 amide bonds. The van der Waals surface area contributed by atoms with Gasteiger partial charge in [-0.3, -0.25) is 14.6 Å². The number of pyridine rings is 1. The molecule has 1 N–H and O–H groups in total. The molecule has 0 radical (unpaired) electrons. The van der Waals surface area contributed by atoms with Crippen molar-refractivity contribution in [3.8, 4) is 0 Å². The van der Waals surface area contributed by atoms with Gasteiger partial charge in [0.25, 0.3) is 0 Å². The molecule has 2 fully saturated rings. The van der Waals surface area contributed by atoms with Crippen LogP contribution >= 0.6 is 11.6 Å². The molecule has 7 heteroatoms. The van der Waals surface area contributed by atoms with Crippen LogP contribution in [-0.4, -0.2) is 52.8 Å². The predicted molar refractivity (Wildman–Crippen MR) is 130 cm³/mol. The highest BCUT2D eigenvalue weighted by molar-refractivity contribution is 6.31. The highest BCUT2D eigenvalue weighted by Crippen LogP contribution is 2.42. The quantitative estimate of drug-likeness (QED) is 0.630. The summed E-state index contributed by atoms with van der Waals surface area (Å²) in [5, 5.41) is 3.81. The van der Waals surface area contributed by atoms with Crippen LogP contribution in [-0.2, 0) is 16.1 Å². The van der Waals surface area contributed by atoms with Gasteiger partial charge in [0.05, 0.1) is 11.5 Å². The van der Waals surface area contributed by atoms with E-state index in [1.165, 1.54) is 0 Å². The monoisotopic (exact) mass is 468 g/mol. The molecule has 1 spiro atoms. The minimum Gasteiger partial charge on any atom is -0.349 e. The predicted octanol–water partition coefficient (Wildman–Crippen LogP) is 4.21. The smallest absolute Gasteiger partial charge is 0.229 e. The molecule has 2 saturated heterocycles. The number of likely N-dealkylation sites (tertiary alicyclic amines) is 2. The molecule has 2 aliphatic heterocycles. The zero-order valence-electron chi connectivity index (χ0n) is 19.3. The summed E-state index contributed by atoms with van der Waals surface area (Å²) in [6.45, 7) is 6.01. The Labute approximate surface area is 201 Å². The van der Waals surface area contributed by atoms with Gasteiger partial charge in [0, 0.05) is 43.5 Å². The van der Waals surface area contributed by atoms with E-state index in [1.54, 1.807) is 6.20 Å². The van der Waals surface area contributed by atoms with Crippen LogP contribution < -0.4 is 5.32 Å². The minimum atomic E-state index is -0.211. The lowest BCUT2D eigenvalue weighted by Gasteiger charge is -2.38. The summed E-state index contributed by atoms with van der Waals surface area (Å²) in [5.41, 5.74) is 1.84. The van der Waals surface area contributed by atoms with E-state index >= 15 is 0 Å². The lowest BCUT2D eigenvalue weighted by molar-refractivity contribution is -0.139. The number of benzene rings is 1. The summed E-state index contributed by atoms with van der Waals surface area (Å²) in [6, 6.07) is 11.6. The Morgan fingerprint density at radius 2 is 1.91 bits per heavy atom. The fourth-order valence-corrected chi connectivity index (χ4v) is 5.36. The average molecular weight is 469 g/mol. The van der Waals surface area contributed by atoms with Crippen molar-refractivity contribution in [2.24, 2.45) is 5.41 Å². The molecule has 4 rings (SSSR count). The maximum atomic E-state index is 13.3. The number of halogens is 1. The molecule has 1 unspecified atom stereocenters. The van der Waals surface area contributed by atoms with Crippen molar-refractivity contribution in [1.82, 2.24) is 20.1 Å². The molecule has 0 saturated carbocycles. The van der Waals surface area contributed by atoms with Crippen molar-refractivity contribution in [3.05, 3.63) is 64.9 Å². The lowest BCUT2D eigenvalue weighted by atomic mass is 9.77. The van der Waals surface area contributed by atoms with Gasteiger partial charge in [-0.25, -0.2) is 0 Å². The number of carbonyl (C=O) groups is 2. The Hall–Kier alpha value is -2.44. The summed E-state index contributed by atoms with van der Waals surface area (Å²) >= 11 is 6.43. The van der Waals surface area contributed by atoms with Crippen LogP contribution in [0.3, 0.4) is 0 Å². The van der Waals surface area contributed by atoms with E-state index < -0.39 is 0 Å². The standard InChI is InChI=1S/C26H33ClN4O2/c1-2-24(32)29-23(21-7-3-4-8-22(21)27)9-14-30-15-10-26(11-16-30)12-17-31(25(26)33)19-20-6-5-13-28-18-20/h3-8,13,18,23H,2,9-12,14-17,19H2,1H3,(H,29,32). The normalized spacial score (nSPS) is 19.1. The number of carbonyl (C=O) groups excluding carboxylic acids is 2. The Balaban J connectivity index is 1.32. The molecule has 33 heavy (non-hydrogen) atoms. The molecule has 2 aromatic rings. The van der Waals surface area contributed by atoms with E-state index in [0.29, 0.717) is 23.9 Å². The van der Waals surface area contributed by atoms with Gasteiger partial charge in [0.1, 0.15) is 0 Å². The van der Waals surface area contributed by atoms with E-state index in [2.05, 4.69) is 15.2 Å². The van der Waals surface area contributed by atoms with Crippen LogP contribution in [0.4, 0.5) is 0 Å². The molecule has 0 aliphatic carbocycles. The van der Waals surface area contributed by atoms with Gasteiger partial charge in [-0.1, -0.05) is 42.8 Å². The zero-order chi connectivity index (χ0) is 23.3. The Kier molecular flexibility index (Phi) is 7.66. The van der Waals surface area contributed by atoms with E-state index in [-0.39, 0.29) is 17.4 Å². The number of hydrogen-bond acceptors (Lipinski definition) is 4. The summed E-state index contributed by atoms with van der Waals surface area (Å²) in [4.78, 5) is 34.0. The van der Waals surface area contributed by atoms with Gasteiger partial charge in [0.2, 0.25) is 11.8 Å². The summed E-state index contributed by atoms with van der Waals surface area (Å²) in [6.07, 6.45) is 7.58. The molecule has 6 nitrogen and oxygen atoms in total. The third kappa shape index (κ3) is 5.56. The molecule has 1 atom stereocenters. The average Bonchev–Trinajstić information content (AvgIpc) is 3.13. The SMILES string of the molecule is CCC(=O)NC(CCN1CCC2(CC1)CCN(Cc1cccnc1)C2=O)c1ccccc1Cl. The molecule has 1 aromatic carbocycles. The van der Waals surface area contributed by atoms with Crippen molar-refractivity contribution in [3.63, 3.8) is 0 Å². The highest BCUT2D eigenvalue weighted by Gasteiger charge is 2.47. The first-order chi connectivity index (χ1) is 16.0. The topological polar surface area (TPSA) is 65.5 Å². The minimum absolute atomic E-state index is 0.0303. The van der Waals surface area contributed by atoms with Gasteiger partial charge in [-0.05, 0) is 62.0 Å². The van der Waals surface area contributed by atoms with E-state index in [9.17, 15) is 9.59 Å². The molecule has 2 aliphatic rings. The van der Waals surface area contributed by atoms with Crippen molar-refractivity contribution in [2.75, 3.05) is 26.2 Å². The second kappa shape index (κ2) is 10.7. The Morgan fingerprint density at radius 1 is 1.15 bits per heavy atom. The summed E-state index contributed by atoms with van der Waals surface area (Å²) in [7, 11) is 0. The van der Waals surface area contributed by atoms with E-state index in [4.69, 9.17) is 11.6 Å². The first-order valence-corrected chi connectivity index (χ1v) is 12.3. The number of amides is 2. The van der Waals surface area contributed by atoms with Gasteiger partial charge in [0.15, 0.2) is 0 Å². The first kappa shape index (κ1) is 23.7. The Bertz CT molecular complexity index is 960. The van der Waals surface area contributed by atoms with Crippen LogP contribution in [0.2, 0.25) is 5.02 Å². The van der Waals surface area contributed by atoms with Crippen molar-refractivity contribution in [1.29, 1.82) is 0 Å². The fraction of sp³-hybridized carbons (Fsp3) is 0.500. The van der Waals surface area contributed by atoms with E-state index in [1.807, 2.05) is 54.4 Å². The van der Waals surface area contributed by atoms with Crippen LogP contribution in [0, 0.1) is 5.41 Å². The zero-order valence-corrected chi connectivity index (χ0v) is 20.1. The first-order valence-electron chi connectivity index (χ1n) is 12.0. The third-order valence-corrected chi connectivity index (χ3v) is 7.53. The maximum Gasteiger partial charge on any atom is 0.229 e. The molecule has 1 aromatic heterocycles. The molecule has 0 bridgehead atoms. The number of hydrogen-bond donors (Lipinski definition) is 1. The number of rotatable bonds is 8. The number of piperidine rings is 1. The van der Waals surface area contributed by atoms with Crippen LogP contribution in [0.25, 0.3) is 0 Å². The number of nitrogens with one attached hydrogen (secondary N) is 1. The summed E-state index contributed by atoms with van der Waals surface area (Å²) < 4.78 is 0. The van der Waals surface area contributed by atoms with Crippen LogP contribution in [0.5, 0.6) is 0 Å². The number of nitrogens with zero attached hydrogens (tertiary/aromatic N) is 3. The van der Waals surface area contributed by atoms with Gasteiger partial charge in [-0.15, -0.1) is 0 Å². The molecular formula is C26H33ClN4O2. The number of aromatic nitrogens is 1. The van der Waals surface area contributed by atoms with Gasteiger partial charge >= 0.3 is 0 Å². The lowest BCUT2D eigenvalue weighted by Crippen LogP contribution is -2.45. The molecule has 3 heterocycles. The fourth-order valence-electron chi connectivity index (χ4n) is 5.10. The third-order valence-electron chi connectivity index (χ3n) is 7.18. The Morgan fingerprint density at radius 3 is 2.61 bits per heavy atom.